The van der Waals surface area contributed by atoms with Crippen molar-refractivity contribution in [2.24, 2.45) is 0 Å². The molecule has 21 heavy (non-hydrogen) atoms. The highest BCUT2D eigenvalue weighted by Gasteiger charge is 2.06. The summed E-state index contributed by atoms with van der Waals surface area (Å²) in [4.78, 5) is 11.8. The molecule has 0 aliphatic heterocycles. The summed E-state index contributed by atoms with van der Waals surface area (Å²) in [5.41, 5.74) is 1.94. The lowest BCUT2D eigenvalue weighted by atomic mass is 10.2. The van der Waals surface area contributed by atoms with Crippen molar-refractivity contribution >= 4 is 33.2 Å². The van der Waals surface area contributed by atoms with E-state index in [4.69, 9.17) is 0 Å². The topological polar surface area (TPSA) is 41.1 Å². The van der Waals surface area contributed by atoms with Crippen molar-refractivity contribution in [1.29, 1.82) is 0 Å². The number of carbonyl (C=O) groups excluding carboxylic acids is 1. The van der Waals surface area contributed by atoms with Gasteiger partial charge in [0.1, 0.15) is 11.6 Å². The number of aryl methyl sites for hydroxylation is 1. The average molecular weight is 355 g/mol. The number of hydrogen-bond acceptors (Lipinski definition) is 2. The molecule has 2 aromatic rings. The number of benzene rings is 2. The Hall–Kier alpha value is -1.95. The minimum atomic E-state index is -0.737. The Morgan fingerprint density at radius 1 is 1.14 bits per heavy atom. The number of anilines is 2. The van der Waals surface area contributed by atoms with Crippen LogP contribution in [0.15, 0.2) is 40.9 Å². The van der Waals surface area contributed by atoms with Gasteiger partial charge in [-0.2, -0.15) is 0 Å². The quantitative estimate of drug-likeness (QED) is 0.868. The van der Waals surface area contributed by atoms with Crippen molar-refractivity contribution in [2.45, 2.75) is 6.92 Å². The maximum Gasteiger partial charge on any atom is 0.243 e. The fourth-order valence-corrected chi connectivity index (χ4v) is 2.40. The first-order chi connectivity index (χ1) is 9.94. The normalized spacial score (nSPS) is 10.3. The van der Waals surface area contributed by atoms with Crippen LogP contribution in [0.5, 0.6) is 0 Å². The Morgan fingerprint density at radius 3 is 2.43 bits per heavy atom. The molecular weight excluding hydrogens is 342 g/mol. The lowest BCUT2D eigenvalue weighted by molar-refractivity contribution is -0.114. The molecule has 0 aliphatic rings. The van der Waals surface area contributed by atoms with E-state index in [1.807, 2.05) is 25.1 Å². The summed E-state index contributed by atoms with van der Waals surface area (Å²) in [5.74, 6) is -1.87. The first-order valence-corrected chi connectivity index (χ1v) is 6.99. The summed E-state index contributed by atoms with van der Waals surface area (Å²) in [5, 5.41) is 5.37. The molecule has 0 aromatic heterocycles. The second-order valence-electron chi connectivity index (χ2n) is 4.54. The summed E-state index contributed by atoms with van der Waals surface area (Å²) in [6.45, 7) is 1.94. The zero-order valence-electron chi connectivity index (χ0n) is 11.2. The lowest BCUT2D eigenvalue weighted by Crippen LogP contribution is -2.22. The van der Waals surface area contributed by atoms with Crippen molar-refractivity contribution in [3.05, 3.63) is 58.1 Å². The van der Waals surface area contributed by atoms with Crippen molar-refractivity contribution in [1.82, 2.24) is 0 Å². The third-order valence-electron chi connectivity index (χ3n) is 2.71. The van der Waals surface area contributed by atoms with Gasteiger partial charge in [-0.25, -0.2) is 8.78 Å². The third kappa shape index (κ3) is 4.53. The number of nitrogens with one attached hydrogen (secondary N) is 2. The molecule has 0 spiro atoms. The highest BCUT2D eigenvalue weighted by Crippen LogP contribution is 2.23. The van der Waals surface area contributed by atoms with Crippen LogP contribution in [0.2, 0.25) is 0 Å². The number of halogens is 3. The average Bonchev–Trinajstić information content (AvgIpc) is 2.36. The van der Waals surface area contributed by atoms with Gasteiger partial charge in [-0.3, -0.25) is 4.79 Å². The second kappa shape index (κ2) is 6.67. The molecule has 110 valence electrons. The molecule has 0 unspecified atom stereocenters. The number of amides is 1. The third-order valence-corrected chi connectivity index (χ3v) is 3.37. The lowest BCUT2D eigenvalue weighted by Gasteiger charge is -2.10. The van der Waals surface area contributed by atoms with Gasteiger partial charge in [-0.05, 0) is 52.7 Å². The molecule has 0 saturated carbocycles. The summed E-state index contributed by atoms with van der Waals surface area (Å²) >= 11 is 3.39. The van der Waals surface area contributed by atoms with Gasteiger partial charge in [0.2, 0.25) is 5.91 Å². The van der Waals surface area contributed by atoms with E-state index in [0.717, 1.165) is 33.9 Å². The number of rotatable bonds is 4. The van der Waals surface area contributed by atoms with Gasteiger partial charge in [0, 0.05) is 21.9 Å². The van der Waals surface area contributed by atoms with Crippen LogP contribution in [-0.2, 0) is 4.79 Å². The predicted molar refractivity (Wildman–Crippen MR) is 82.4 cm³/mol. The first kappa shape index (κ1) is 15.4. The van der Waals surface area contributed by atoms with E-state index in [0.29, 0.717) is 0 Å². The van der Waals surface area contributed by atoms with Crippen molar-refractivity contribution in [3.63, 3.8) is 0 Å². The molecule has 2 rings (SSSR count). The zero-order valence-corrected chi connectivity index (χ0v) is 12.8. The first-order valence-electron chi connectivity index (χ1n) is 6.20. The van der Waals surface area contributed by atoms with Gasteiger partial charge in [0.05, 0.1) is 6.54 Å². The molecule has 0 aliphatic carbocycles. The van der Waals surface area contributed by atoms with Gasteiger partial charge in [0.25, 0.3) is 0 Å². The SMILES string of the molecule is Cc1ccc(NCC(=O)Nc2cc(F)cc(F)c2)c(Br)c1. The Labute approximate surface area is 129 Å². The molecule has 6 heteroatoms. The Bertz CT molecular complexity index is 656. The maximum atomic E-state index is 13.0. The molecule has 0 bridgehead atoms. The van der Waals surface area contributed by atoms with Crippen LogP contribution in [0.4, 0.5) is 20.2 Å². The minimum absolute atomic E-state index is 0.0141. The van der Waals surface area contributed by atoms with Crippen LogP contribution in [-0.4, -0.2) is 12.5 Å². The Balaban J connectivity index is 1.95. The summed E-state index contributed by atoms with van der Waals surface area (Å²) in [6, 6.07) is 8.53. The second-order valence-corrected chi connectivity index (χ2v) is 5.40. The van der Waals surface area contributed by atoms with E-state index in [9.17, 15) is 13.6 Å². The van der Waals surface area contributed by atoms with Crippen molar-refractivity contribution in [2.75, 3.05) is 17.2 Å². The summed E-state index contributed by atoms with van der Waals surface area (Å²) in [7, 11) is 0. The molecular formula is C15H13BrF2N2O. The van der Waals surface area contributed by atoms with Gasteiger partial charge < -0.3 is 10.6 Å². The summed E-state index contributed by atoms with van der Waals surface area (Å²) < 4.78 is 26.9. The smallest absolute Gasteiger partial charge is 0.243 e. The van der Waals surface area contributed by atoms with E-state index < -0.39 is 17.5 Å². The molecule has 0 saturated heterocycles. The molecule has 0 atom stereocenters. The van der Waals surface area contributed by atoms with Crippen molar-refractivity contribution < 1.29 is 13.6 Å². The summed E-state index contributed by atoms with van der Waals surface area (Å²) in [6.07, 6.45) is 0. The monoisotopic (exact) mass is 354 g/mol. The van der Waals surface area contributed by atoms with Crippen LogP contribution in [0.25, 0.3) is 0 Å². The van der Waals surface area contributed by atoms with Crippen molar-refractivity contribution in [3.8, 4) is 0 Å². The van der Waals surface area contributed by atoms with Gasteiger partial charge in [-0.1, -0.05) is 6.07 Å². The Morgan fingerprint density at radius 2 is 1.81 bits per heavy atom. The zero-order chi connectivity index (χ0) is 15.4. The molecule has 0 radical (unpaired) electrons. The predicted octanol–water partition coefficient (Wildman–Crippen LogP) is 4.09. The molecule has 2 N–H and O–H groups in total. The highest BCUT2D eigenvalue weighted by molar-refractivity contribution is 9.10. The number of hydrogen-bond donors (Lipinski definition) is 2. The molecule has 2 aromatic carbocycles. The maximum absolute atomic E-state index is 13.0. The van der Waals surface area contributed by atoms with E-state index in [1.165, 1.54) is 0 Å². The van der Waals surface area contributed by atoms with Crippen LogP contribution in [0, 0.1) is 18.6 Å². The Kier molecular flexibility index (Phi) is 4.90. The standard InChI is InChI=1S/C15H13BrF2N2O/c1-9-2-3-14(13(16)4-9)19-8-15(21)20-12-6-10(17)5-11(18)7-12/h2-7,19H,8H2,1H3,(H,20,21). The van der Waals surface area contributed by atoms with Gasteiger partial charge in [0.15, 0.2) is 0 Å². The van der Waals surface area contributed by atoms with Crippen LogP contribution < -0.4 is 10.6 Å². The van der Waals surface area contributed by atoms with E-state index in [-0.39, 0.29) is 12.2 Å². The van der Waals surface area contributed by atoms with E-state index in [2.05, 4.69) is 26.6 Å². The molecule has 0 heterocycles. The van der Waals surface area contributed by atoms with Gasteiger partial charge >= 0.3 is 0 Å². The molecule has 3 nitrogen and oxygen atoms in total. The molecule has 0 fully saturated rings. The van der Waals surface area contributed by atoms with E-state index in [1.54, 1.807) is 0 Å². The fourth-order valence-electron chi connectivity index (χ4n) is 1.77. The van der Waals surface area contributed by atoms with E-state index >= 15 is 0 Å². The number of carbonyl (C=O) groups is 1. The fraction of sp³-hybridized carbons (Fsp3) is 0.133. The highest BCUT2D eigenvalue weighted by atomic mass is 79.9. The van der Waals surface area contributed by atoms with Crippen LogP contribution in [0.1, 0.15) is 5.56 Å². The minimum Gasteiger partial charge on any atom is -0.375 e. The van der Waals surface area contributed by atoms with Crippen LogP contribution in [0.3, 0.4) is 0 Å². The van der Waals surface area contributed by atoms with Gasteiger partial charge in [-0.15, -0.1) is 0 Å². The largest absolute Gasteiger partial charge is 0.375 e. The molecule has 1 amide bonds. The van der Waals surface area contributed by atoms with Crippen LogP contribution >= 0.6 is 15.9 Å².